The molecule has 0 aliphatic carbocycles. The van der Waals surface area contributed by atoms with Gasteiger partial charge in [-0.25, -0.2) is 8.42 Å². The van der Waals surface area contributed by atoms with Crippen LogP contribution in [0, 0.1) is 5.92 Å². The van der Waals surface area contributed by atoms with Crippen LogP contribution in [-0.2, 0) is 32.5 Å². The van der Waals surface area contributed by atoms with Crippen LogP contribution in [0.4, 0.5) is 11.4 Å². The van der Waals surface area contributed by atoms with E-state index in [2.05, 4.69) is 10.0 Å². The third kappa shape index (κ3) is 6.00. The molecule has 178 valence electrons. The molecule has 0 fully saturated rings. The van der Waals surface area contributed by atoms with Gasteiger partial charge in [-0.05, 0) is 66.6 Å². The van der Waals surface area contributed by atoms with Gasteiger partial charge in [-0.15, -0.1) is 0 Å². The quantitative estimate of drug-likeness (QED) is 0.580. The molecular formula is C25H33N3O4S. The predicted octanol–water partition coefficient (Wildman–Crippen LogP) is 3.88. The van der Waals surface area contributed by atoms with E-state index in [0.717, 1.165) is 23.2 Å². The number of amides is 2. The Morgan fingerprint density at radius 1 is 1.09 bits per heavy atom. The summed E-state index contributed by atoms with van der Waals surface area (Å²) in [5.74, 6) is -0.260. The van der Waals surface area contributed by atoms with E-state index in [1.54, 1.807) is 23.1 Å². The molecule has 7 nitrogen and oxygen atoms in total. The number of nitrogens with one attached hydrogen (secondary N) is 2. The lowest BCUT2D eigenvalue weighted by atomic mass is 10.0. The smallest absolute Gasteiger partial charge is 0.242 e. The van der Waals surface area contributed by atoms with Crippen LogP contribution in [0.3, 0.4) is 0 Å². The topological polar surface area (TPSA) is 95.6 Å². The summed E-state index contributed by atoms with van der Waals surface area (Å²) in [6.45, 7) is 8.28. The van der Waals surface area contributed by atoms with Crippen molar-refractivity contribution in [2.75, 3.05) is 16.8 Å². The van der Waals surface area contributed by atoms with E-state index in [1.807, 2.05) is 45.9 Å². The van der Waals surface area contributed by atoms with Gasteiger partial charge in [0.2, 0.25) is 21.8 Å². The second-order valence-corrected chi connectivity index (χ2v) is 10.5. The van der Waals surface area contributed by atoms with Gasteiger partial charge in [-0.3, -0.25) is 9.59 Å². The van der Waals surface area contributed by atoms with Gasteiger partial charge in [0, 0.05) is 24.3 Å². The minimum Gasteiger partial charge on any atom is -0.325 e. The number of aryl methyl sites for hydroxylation is 1. The Morgan fingerprint density at radius 3 is 2.52 bits per heavy atom. The number of carbonyl (C=O) groups is 2. The maximum absolute atomic E-state index is 13.2. The molecule has 8 heteroatoms. The van der Waals surface area contributed by atoms with Gasteiger partial charge >= 0.3 is 0 Å². The maximum atomic E-state index is 13.2. The van der Waals surface area contributed by atoms with Crippen molar-refractivity contribution < 1.29 is 18.0 Å². The molecule has 0 aromatic heterocycles. The maximum Gasteiger partial charge on any atom is 0.242 e. The van der Waals surface area contributed by atoms with Crippen molar-refractivity contribution in [1.29, 1.82) is 0 Å². The fourth-order valence-corrected chi connectivity index (χ4v) is 5.29. The molecule has 0 saturated carbocycles. The van der Waals surface area contributed by atoms with Crippen molar-refractivity contribution in [2.24, 2.45) is 5.92 Å². The molecule has 0 bridgehead atoms. The molecule has 0 radical (unpaired) electrons. The number of benzene rings is 2. The highest BCUT2D eigenvalue weighted by atomic mass is 32.2. The molecule has 2 amide bonds. The summed E-state index contributed by atoms with van der Waals surface area (Å²) in [7, 11) is -3.93. The molecule has 2 aromatic rings. The Labute approximate surface area is 196 Å². The number of hydrogen-bond donors (Lipinski definition) is 2. The summed E-state index contributed by atoms with van der Waals surface area (Å²) in [5, 5.41) is 2.85. The van der Waals surface area contributed by atoms with Crippen molar-refractivity contribution in [3.05, 3.63) is 53.6 Å². The normalized spacial score (nSPS) is 14.3. The number of carbonyl (C=O) groups excluding carboxylic acids is 2. The average Bonchev–Trinajstić information content (AvgIpc) is 3.21. The van der Waals surface area contributed by atoms with Gasteiger partial charge in [0.05, 0.1) is 4.90 Å². The van der Waals surface area contributed by atoms with Crippen molar-refractivity contribution >= 4 is 33.2 Å². The van der Waals surface area contributed by atoms with E-state index in [0.29, 0.717) is 31.5 Å². The van der Waals surface area contributed by atoms with Crippen LogP contribution in [0.25, 0.3) is 0 Å². The zero-order valence-electron chi connectivity index (χ0n) is 19.7. The monoisotopic (exact) mass is 471 g/mol. The van der Waals surface area contributed by atoms with E-state index >= 15 is 0 Å². The Hall–Kier alpha value is -2.71. The number of sulfonamides is 1. The molecule has 1 aliphatic rings. The molecule has 2 N–H and O–H groups in total. The number of hydrogen-bond acceptors (Lipinski definition) is 4. The Morgan fingerprint density at radius 2 is 1.85 bits per heavy atom. The number of rotatable bonds is 9. The first-order chi connectivity index (χ1) is 15.6. The lowest BCUT2D eigenvalue weighted by Crippen LogP contribution is -2.44. The third-order valence-corrected chi connectivity index (χ3v) is 7.25. The molecule has 1 heterocycles. The first-order valence-electron chi connectivity index (χ1n) is 11.5. The molecule has 1 aliphatic heterocycles. The van der Waals surface area contributed by atoms with Crippen LogP contribution < -0.4 is 14.9 Å². The summed E-state index contributed by atoms with van der Waals surface area (Å²) < 4.78 is 29.0. The first kappa shape index (κ1) is 24.9. The summed E-state index contributed by atoms with van der Waals surface area (Å²) in [4.78, 5) is 26.9. The minimum atomic E-state index is -3.93. The number of fused-ring (bicyclic) bond motifs is 1. The lowest BCUT2D eigenvalue weighted by molar-refractivity contribution is -0.118. The van der Waals surface area contributed by atoms with Crippen LogP contribution in [0.15, 0.2) is 47.4 Å². The van der Waals surface area contributed by atoms with Crippen LogP contribution in [-0.4, -0.2) is 32.8 Å². The molecule has 1 atom stereocenters. The molecule has 2 aromatic carbocycles. The minimum absolute atomic E-state index is 0.0169. The molecule has 0 unspecified atom stereocenters. The number of nitrogens with zero attached hydrogens (tertiary/aromatic N) is 1. The summed E-state index contributed by atoms with van der Waals surface area (Å²) in [5.41, 5.74) is 3.31. The Balaban J connectivity index is 1.81. The standard InChI is InChI=1S/C25H33N3O4S/c1-5-18-8-7-9-20(15-18)26-25(30)22(14-17(3)4)27-33(31,32)21-10-11-23-19(16-21)12-13-28(23)24(29)6-2/h7-11,15-17,22,27H,5-6,12-14H2,1-4H3,(H,26,30)/t22-/m1/s1. The average molecular weight is 472 g/mol. The summed E-state index contributed by atoms with van der Waals surface area (Å²) in [6, 6.07) is 11.4. The molecule has 33 heavy (non-hydrogen) atoms. The largest absolute Gasteiger partial charge is 0.325 e. The van der Waals surface area contributed by atoms with Crippen molar-refractivity contribution in [2.45, 2.75) is 64.3 Å². The van der Waals surface area contributed by atoms with E-state index in [9.17, 15) is 18.0 Å². The summed E-state index contributed by atoms with van der Waals surface area (Å²) >= 11 is 0. The zero-order chi connectivity index (χ0) is 24.2. The number of anilines is 2. The van der Waals surface area contributed by atoms with Gasteiger partial charge in [-0.2, -0.15) is 4.72 Å². The fraction of sp³-hybridized carbons (Fsp3) is 0.440. The molecule has 0 spiro atoms. The molecule has 0 saturated heterocycles. The SMILES string of the molecule is CCC(=O)N1CCc2cc(S(=O)(=O)N[C@H](CC(C)C)C(=O)Nc3cccc(CC)c3)ccc21. The van der Waals surface area contributed by atoms with Crippen LogP contribution in [0.1, 0.15) is 51.7 Å². The van der Waals surface area contributed by atoms with Crippen molar-refractivity contribution in [3.63, 3.8) is 0 Å². The molecular weight excluding hydrogens is 438 g/mol. The first-order valence-corrected chi connectivity index (χ1v) is 13.0. The van der Waals surface area contributed by atoms with E-state index in [4.69, 9.17) is 0 Å². The van der Waals surface area contributed by atoms with Gasteiger partial charge < -0.3 is 10.2 Å². The van der Waals surface area contributed by atoms with E-state index < -0.39 is 16.1 Å². The van der Waals surface area contributed by atoms with E-state index in [-0.39, 0.29) is 22.6 Å². The van der Waals surface area contributed by atoms with Crippen molar-refractivity contribution in [3.8, 4) is 0 Å². The fourth-order valence-electron chi connectivity index (χ4n) is 4.03. The molecule has 3 rings (SSSR count). The highest BCUT2D eigenvalue weighted by molar-refractivity contribution is 7.89. The van der Waals surface area contributed by atoms with Crippen LogP contribution >= 0.6 is 0 Å². The second-order valence-electron chi connectivity index (χ2n) is 8.79. The predicted molar refractivity (Wildman–Crippen MR) is 131 cm³/mol. The highest BCUT2D eigenvalue weighted by Crippen LogP contribution is 2.31. The van der Waals surface area contributed by atoms with Crippen LogP contribution in [0.5, 0.6) is 0 Å². The lowest BCUT2D eigenvalue weighted by Gasteiger charge is -2.21. The Bertz CT molecular complexity index is 1130. The third-order valence-electron chi connectivity index (χ3n) is 5.78. The van der Waals surface area contributed by atoms with Crippen LogP contribution in [0.2, 0.25) is 0 Å². The zero-order valence-corrected chi connectivity index (χ0v) is 20.5. The van der Waals surface area contributed by atoms with E-state index in [1.165, 1.54) is 6.07 Å². The van der Waals surface area contributed by atoms with Gasteiger partial charge in [0.15, 0.2) is 0 Å². The summed E-state index contributed by atoms with van der Waals surface area (Å²) in [6.07, 6.45) is 2.20. The van der Waals surface area contributed by atoms with Gasteiger partial charge in [0.1, 0.15) is 6.04 Å². The Kier molecular flexibility index (Phi) is 7.92. The highest BCUT2D eigenvalue weighted by Gasteiger charge is 2.29. The van der Waals surface area contributed by atoms with Crippen molar-refractivity contribution in [1.82, 2.24) is 4.72 Å². The second kappa shape index (κ2) is 10.5. The van der Waals surface area contributed by atoms with Gasteiger partial charge in [-0.1, -0.05) is 39.8 Å². The van der Waals surface area contributed by atoms with Gasteiger partial charge in [0.25, 0.3) is 0 Å².